The van der Waals surface area contributed by atoms with E-state index >= 15 is 0 Å². The lowest BCUT2D eigenvalue weighted by Crippen LogP contribution is -2.57. The van der Waals surface area contributed by atoms with Crippen molar-refractivity contribution in [2.24, 2.45) is 5.92 Å². The van der Waals surface area contributed by atoms with Crippen LogP contribution in [0.3, 0.4) is 0 Å². The molecule has 1 fully saturated rings. The van der Waals surface area contributed by atoms with Gasteiger partial charge in [-0.15, -0.1) is 0 Å². The molecule has 4 heteroatoms. The Morgan fingerprint density at radius 3 is 2.32 bits per heavy atom. The van der Waals surface area contributed by atoms with Crippen LogP contribution in [0.1, 0.15) is 53.9 Å². The van der Waals surface area contributed by atoms with Crippen LogP contribution in [0.15, 0.2) is 11.8 Å². The first-order chi connectivity index (χ1) is 8.61. The minimum atomic E-state index is -0.927. The molecule has 1 aliphatic rings. The lowest BCUT2D eigenvalue weighted by Gasteiger charge is -2.46. The molecule has 0 aliphatic carbocycles. The summed E-state index contributed by atoms with van der Waals surface area (Å²) in [5.74, 6) is -0.311. The van der Waals surface area contributed by atoms with Gasteiger partial charge in [-0.05, 0) is 59.8 Å². The summed E-state index contributed by atoms with van der Waals surface area (Å²) in [5, 5.41) is 12.4. The quantitative estimate of drug-likeness (QED) is 0.458. The second kappa shape index (κ2) is 5.95. The highest BCUT2D eigenvalue weighted by atomic mass is 16.5. The second-order valence-electron chi connectivity index (χ2n) is 6.93. The van der Waals surface area contributed by atoms with Crippen molar-refractivity contribution >= 4 is 5.97 Å². The molecule has 0 atom stereocenters. The summed E-state index contributed by atoms with van der Waals surface area (Å²) >= 11 is 0. The van der Waals surface area contributed by atoms with Gasteiger partial charge in [-0.3, -0.25) is 0 Å². The van der Waals surface area contributed by atoms with Crippen molar-refractivity contribution in [3.63, 3.8) is 0 Å². The lowest BCUT2D eigenvalue weighted by atomic mass is 9.75. The topological polar surface area (TPSA) is 58.6 Å². The van der Waals surface area contributed by atoms with E-state index in [1.54, 1.807) is 6.92 Å². The van der Waals surface area contributed by atoms with Gasteiger partial charge in [-0.2, -0.15) is 0 Å². The number of carboxylic acids is 1. The van der Waals surface area contributed by atoms with Crippen molar-refractivity contribution in [1.82, 2.24) is 5.32 Å². The first-order valence-electron chi connectivity index (χ1n) is 6.92. The highest BCUT2D eigenvalue weighted by Crippen LogP contribution is 2.34. The average molecular weight is 269 g/mol. The third-order valence-corrected chi connectivity index (χ3v) is 3.52. The maximum atomic E-state index is 10.6. The zero-order chi connectivity index (χ0) is 14.7. The van der Waals surface area contributed by atoms with E-state index in [1.165, 1.54) is 6.26 Å². The Hall–Kier alpha value is -1.03. The molecule has 19 heavy (non-hydrogen) atoms. The summed E-state index contributed by atoms with van der Waals surface area (Å²) in [7, 11) is 0. The minimum Gasteiger partial charge on any atom is -0.501 e. The number of aliphatic carboxylic acids is 1. The number of rotatable bonds is 5. The van der Waals surface area contributed by atoms with Crippen molar-refractivity contribution in [2.75, 3.05) is 6.61 Å². The van der Waals surface area contributed by atoms with Crippen LogP contribution in [-0.4, -0.2) is 28.8 Å². The van der Waals surface area contributed by atoms with Gasteiger partial charge < -0.3 is 15.2 Å². The van der Waals surface area contributed by atoms with Crippen LogP contribution in [0.5, 0.6) is 0 Å². The van der Waals surface area contributed by atoms with Gasteiger partial charge in [-0.25, -0.2) is 4.79 Å². The van der Waals surface area contributed by atoms with Gasteiger partial charge in [0.05, 0.1) is 18.4 Å². The predicted octanol–water partition coefficient (Wildman–Crippen LogP) is 2.94. The van der Waals surface area contributed by atoms with E-state index < -0.39 is 5.97 Å². The molecule has 110 valence electrons. The highest BCUT2D eigenvalue weighted by Gasteiger charge is 2.37. The van der Waals surface area contributed by atoms with Crippen LogP contribution >= 0.6 is 0 Å². The Balaban J connectivity index is 2.41. The fourth-order valence-corrected chi connectivity index (χ4v) is 3.21. The summed E-state index contributed by atoms with van der Waals surface area (Å²) in [6.07, 6.45) is 4.57. The molecule has 1 aliphatic heterocycles. The van der Waals surface area contributed by atoms with Gasteiger partial charge >= 0.3 is 5.97 Å². The predicted molar refractivity (Wildman–Crippen MR) is 76.0 cm³/mol. The van der Waals surface area contributed by atoms with E-state index in [-0.39, 0.29) is 16.7 Å². The molecule has 0 aromatic rings. The standard InChI is InChI=1S/C15H27NO3/c1-11(13(17)18)10-19-7-6-12-8-14(2,3)16-15(4,5)9-12/h10,12,16H,6-9H2,1-5H3,(H,17,18). The molecule has 1 heterocycles. The fourth-order valence-electron chi connectivity index (χ4n) is 3.21. The molecule has 0 radical (unpaired) electrons. The molecule has 1 rings (SSSR count). The van der Waals surface area contributed by atoms with Gasteiger partial charge in [0.1, 0.15) is 0 Å². The van der Waals surface area contributed by atoms with Crippen LogP contribution in [0.2, 0.25) is 0 Å². The number of carboxylic acid groups (broad SMARTS) is 1. The summed E-state index contributed by atoms with van der Waals surface area (Å²) in [5.41, 5.74) is 0.546. The van der Waals surface area contributed by atoms with Crippen molar-refractivity contribution in [3.05, 3.63) is 11.8 Å². The van der Waals surface area contributed by atoms with Gasteiger partial charge in [0.25, 0.3) is 0 Å². The van der Waals surface area contributed by atoms with E-state index in [1.807, 2.05) is 0 Å². The lowest BCUT2D eigenvalue weighted by molar-refractivity contribution is -0.132. The molecule has 1 saturated heterocycles. The molecule has 0 amide bonds. The van der Waals surface area contributed by atoms with Crippen molar-refractivity contribution < 1.29 is 14.6 Å². The number of hydrogen-bond acceptors (Lipinski definition) is 3. The normalized spacial score (nSPS) is 23.1. The molecular formula is C15H27NO3. The van der Waals surface area contributed by atoms with E-state index in [0.29, 0.717) is 12.5 Å². The SMILES string of the molecule is CC(=COCCC1CC(C)(C)NC(C)(C)C1)C(=O)O. The third-order valence-electron chi connectivity index (χ3n) is 3.52. The monoisotopic (exact) mass is 269 g/mol. The summed E-state index contributed by atoms with van der Waals surface area (Å²) in [6.45, 7) is 11.1. The maximum Gasteiger partial charge on any atom is 0.334 e. The van der Waals surface area contributed by atoms with Gasteiger partial charge in [0.15, 0.2) is 0 Å². The van der Waals surface area contributed by atoms with Gasteiger partial charge in [0.2, 0.25) is 0 Å². The fraction of sp³-hybridized carbons (Fsp3) is 0.800. The van der Waals surface area contributed by atoms with Crippen LogP contribution in [0.25, 0.3) is 0 Å². The molecule has 0 unspecified atom stereocenters. The number of carbonyl (C=O) groups is 1. The van der Waals surface area contributed by atoms with Crippen LogP contribution < -0.4 is 5.32 Å². The second-order valence-corrected chi connectivity index (χ2v) is 6.93. The molecule has 0 aromatic heterocycles. The first-order valence-corrected chi connectivity index (χ1v) is 6.92. The van der Waals surface area contributed by atoms with Gasteiger partial charge in [-0.1, -0.05) is 0 Å². The van der Waals surface area contributed by atoms with Crippen LogP contribution in [0, 0.1) is 5.92 Å². The number of hydrogen-bond donors (Lipinski definition) is 2. The third kappa shape index (κ3) is 5.64. The zero-order valence-corrected chi connectivity index (χ0v) is 12.7. The number of ether oxygens (including phenoxy) is 1. The molecule has 0 aromatic carbocycles. The van der Waals surface area contributed by atoms with E-state index in [9.17, 15) is 4.79 Å². The van der Waals surface area contributed by atoms with Crippen LogP contribution in [-0.2, 0) is 9.53 Å². The Kier molecular flexibility index (Phi) is 5.02. The molecular weight excluding hydrogens is 242 g/mol. The smallest absolute Gasteiger partial charge is 0.334 e. The summed E-state index contributed by atoms with van der Waals surface area (Å²) in [4.78, 5) is 10.6. The summed E-state index contributed by atoms with van der Waals surface area (Å²) < 4.78 is 5.33. The zero-order valence-electron chi connectivity index (χ0n) is 12.7. The van der Waals surface area contributed by atoms with Crippen molar-refractivity contribution in [3.8, 4) is 0 Å². The molecule has 0 spiro atoms. The van der Waals surface area contributed by atoms with E-state index in [2.05, 4.69) is 33.0 Å². The molecule has 0 saturated carbocycles. The highest BCUT2D eigenvalue weighted by molar-refractivity contribution is 5.85. The van der Waals surface area contributed by atoms with E-state index in [4.69, 9.17) is 9.84 Å². The number of nitrogens with one attached hydrogen (secondary N) is 1. The number of piperidine rings is 1. The first kappa shape index (κ1) is 16.0. The van der Waals surface area contributed by atoms with Crippen LogP contribution in [0.4, 0.5) is 0 Å². The Labute approximate surface area is 116 Å². The van der Waals surface area contributed by atoms with Crippen molar-refractivity contribution in [2.45, 2.75) is 65.0 Å². The summed E-state index contributed by atoms with van der Waals surface area (Å²) in [6, 6.07) is 0. The Morgan fingerprint density at radius 2 is 1.84 bits per heavy atom. The van der Waals surface area contributed by atoms with Gasteiger partial charge in [0, 0.05) is 11.1 Å². The largest absolute Gasteiger partial charge is 0.501 e. The van der Waals surface area contributed by atoms with Crippen molar-refractivity contribution in [1.29, 1.82) is 0 Å². The maximum absolute atomic E-state index is 10.6. The Bertz CT molecular complexity index is 342. The Morgan fingerprint density at radius 1 is 1.32 bits per heavy atom. The molecule has 4 nitrogen and oxygen atoms in total. The molecule has 0 bridgehead atoms. The molecule has 2 N–H and O–H groups in total. The minimum absolute atomic E-state index is 0.152. The van der Waals surface area contributed by atoms with E-state index in [0.717, 1.165) is 19.3 Å². The average Bonchev–Trinajstić information content (AvgIpc) is 2.19.